The van der Waals surface area contributed by atoms with Gasteiger partial charge < -0.3 is 15.1 Å². The summed E-state index contributed by atoms with van der Waals surface area (Å²) in [6.07, 6.45) is -0.119. The van der Waals surface area contributed by atoms with E-state index in [1.807, 2.05) is 0 Å². The van der Waals surface area contributed by atoms with Crippen LogP contribution in [0.5, 0.6) is 0 Å². The first-order chi connectivity index (χ1) is 11.8. The first-order valence-electron chi connectivity index (χ1n) is 7.20. The zero-order chi connectivity index (χ0) is 18.4. The summed E-state index contributed by atoms with van der Waals surface area (Å²) in [6.45, 7) is 0.327. The van der Waals surface area contributed by atoms with Gasteiger partial charge in [-0.25, -0.2) is 0 Å². The van der Waals surface area contributed by atoms with Crippen molar-refractivity contribution in [3.8, 4) is 11.4 Å². The number of aryl methyl sites for hydroxylation is 1. The van der Waals surface area contributed by atoms with Gasteiger partial charge in [-0.1, -0.05) is 24.3 Å². The first kappa shape index (κ1) is 17.9. The zero-order valence-corrected chi connectivity index (χ0v) is 13.3. The smallest absolute Gasteiger partial charge is 0.323 e. The summed E-state index contributed by atoms with van der Waals surface area (Å²) < 4.78 is 0. The van der Waals surface area contributed by atoms with Crippen molar-refractivity contribution < 1.29 is 24.6 Å². The van der Waals surface area contributed by atoms with Gasteiger partial charge >= 0.3 is 11.9 Å². The third-order valence-corrected chi connectivity index (χ3v) is 3.15. The second-order valence-electron chi connectivity index (χ2n) is 5.18. The highest BCUT2D eigenvalue weighted by atomic mass is 16.4. The van der Waals surface area contributed by atoms with Gasteiger partial charge in [0.25, 0.3) is 0 Å². The highest BCUT2D eigenvalue weighted by Crippen LogP contribution is 2.14. The monoisotopic (exact) mass is 345 g/mol. The highest BCUT2D eigenvalue weighted by Gasteiger charge is 2.19. The summed E-state index contributed by atoms with van der Waals surface area (Å²) in [5.41, 5.74) is 1.26. The van der Waals surface area contributed by atoms with Crippen LogP contribution >= 0.6 is 0 Å². The van der Waals surface area contributed by atoms with Crippen molar-refractivity contribution >= 4 is 17.8 Å². The predicted molar refractivity (Wildman–Crippen MR) is 83.4 cm³/mol. The lowest BCUT2D eigenvalue weighted by Crippen LogP contribution is -2.40. The molecule has 0 fully saturated rings. The van der Waals surface area contributed by atoms with Crippen LogP contribution in [0, 0.1) is 6.92 Å². The summed E-state index contributed by atoms with van der Waals surface area (Å²) in [4.78, 5) is 34.4. The molecule has 1 aromatic heterocycles. The number of aliphatic carboxylic acids is 2. The average Bonchev–Trinajstić information content (AvgIpc) is 2.55. The minimum atomic E-state index is -1.28. The van der Waals surface area contributed by atoms with Crippen LogP contribution in [-0.2, 0) is 20.8 Å². The molecule has 0 saturated carbocycles. The molecule has 2 N–H and O–H groups in total. The Bertz CT molecular complexity index is 760. The van der Waals surface area contributed by atoms with E-state index >= 15 is 0 Å². The molecule has 2 rings (SSSR count). The Kier molecular flexibility index (Phi) is 5.66. The van der Waals surface area contributed by atoms with Gasteiger partial charge in [0.1, 0.15) is 13.1 Å². The van der Waals surface area contributed by atoms with Crippen molar-refractivity contribution in [1.82, 2.24) is 25.3 Å². The fraction of sp³-hybridized carbons (Fsp3) is 0.267. The van der Waals surface area contributed by atoms with Crippen molar-refractivity contribution in [3.05, 3.63) is 35.7 Å². The maximum absolute atomic E-state index is 12.1. The molecule has 0 aliphatic carbocycles. The molecule has 0 saturated heterocycles. The average molecular weight is 345 g/mol. The van der Waals surface area contributed by atoms with E-state index in [1.165, 1.54) is 0 Å². The number of carbonyl (C=O) groups excluding carboxylic acids is 1. The minimum Gasteiger partial charge on any atom is -0.480 e. The fourth-order valence-corrected chi connectivity index (χ4v) is 2.01. The summed E-state index contributed by atoms with van der Waals surface area (Å²) in [5.74, 6) is -2.36. The van der Waals surface area contributed by atoms with Gasteiger partial charge in [0.05, 0.1) is 6.42 Å². The summed E-state index contributed by atoms with van der Waals surface area (Å²) in [5, 5.41) is 33.0. The number of amides is 1. The van der Waals surface area contributed by atoms with Crippen LogP contribution in [0.25, 0.3) is 11.4 Å². The largest absolute Gasteiger partial charge is 0.480 e. The normalized spacial score (nSPS) is 10.3. The Labute approximate surface area is 142 Å². The van der Waals surface area contributed by atoms with Gasteiger partial charge in [0.15, 0.2) is 5.82 Å². The number of nitrogens with zero attached hydrogens (tertiary/aromatic N) is 5. The lowest BCUT2D eigenvalue weighted by molar-refractivity contribution is -0.149. The van der Waals surface area contributed by atoms with Gasteiger partial charge in [0, 0.05) is 5.56 Å². The quantitative estimate of drug-likeness (QED) is 0.695. The molecule has 1 amide bonds. The fourth-order valence-electron chi connectivity index (χ4n) is 2.01. The van der Waals surface area contributed by atoms with Crippen molar-refractivity contribution in [1.29, 1.82) is 0 Å². The second kappa shape index (κ2) is 7.90. The summed E-state index contributed by atoms with van der Waals surface area (Å²) in [7, 11) is 0. The topological polar surface area (TPSA) is 146 Å². The molecule has 10 nitrogen and oxygen atoms in total. The van der Waals surface area contributed by atoms with E-state index in [-0.39, 0.29) is 6.42 Å². The lowest BCUT2D eigenvalue weighted by Gasteiger charge is -2.18. The second-order valence-corrected chi connectivity index (χ2v) is 5.18. The number of hydrogen-bond donors (Lipinski definition) is 2. The molecule has 0 atom stereocenters. The molecule has 130 valence electrons. The Morgan fingerprint density at radius 1 is 0.920 bits per heavy atom. The molecule has 2 aromatic rings. The number of aromatic nitrogens is 4. The third-order valence-electron chi connectivity index (χ3n) is 3.15. The summed E-state index contributed by atoms with van der Waals surface area (Å²) >= 11 is 0. The maximum atomic E-state index is 12.1. The molecule has 0 spiro atoms. The lowest BCUT2D eigenvalue weighted by atomic mass is 10.1. The van der Waals surface area contributed by atoms with Crippen LogP contribution in [0.4, 0.5) is 0 Å². The number of rotatable bonds is 7. The number of hydrogen-bond acceptors (Lipinski definition) is 7. The molecule has 0 unspecified atom stereocenters. The van der Waals surface area contributed by atoms with E-state index in [0.717, 1.165) is 4.90 Å². The van der Waals surface area contributed by atoms with Crippen LogP contribution in [0.2, 0.25) is 0 Å². The molecule has 0 bridgehead atoms. The number of benzene rings is 1. The van der Waals surface area contributed by atoms with E-state index in [2.05, 4.69) is 20.4 Å². The maximum Gasteiger partial charge on any atom is 0.323 e. The van der Waals surface area contributed by atoms with Crippen LogP contribution in [0.15, 0.2) is 24.3 Å². The van der Waals surface area contributed by atoms with Crippen LogP contribution in [0.3, 0.4) is 0 Å². The van der Waals surface area contributed by atoms with Crippen molar-refractivity contribution in [2.45, 2.75) is 13.3 Å². The third kappa shape index (κ3) is 5.30. The molecule has 1 heterocycles. The number of carbonyl (C=O) groups is 3. The molecule has 1 aromatic carbocycles. The van der Waals surface area contributed by atoms with E-state index in [0.29, 0.717) is 22.8 Å². The van der Waals surface area contributed by atoms with Crippen LogP contribution in [0.1, 0.15) is 11.4 Å². The Morgan fingerprint density at radius 2 is 1.44 bits per heavy atom. The van der Waals surface area contributed by atoms with Crippen LogP contribution < -0.4 is 0 Å². The van der Waals surface area contributed by atoms with Crippen molar-refractivity contribution in [2.24, 2.45) is 0 Å². The minimum absolute atomic E-state index is 0.119. The molecule has 25 heavy (non-hydrogen) atoms. The Morgan fingerprint density at radius 3 is 1.92 bits per heavy atom. The van der Waals surface area contributed by atoms with E-state index in [9.17, 15) is 14.4 Å². The number of carboxylic acids is 2. The zero-order valence-electron chi connectivity index (χ0n) is 13.3. The predicted octanol–water partition coefficient (Wildman–Crippen LogP) is -0.218. The molecule has 10 heteroatoms. The van der Waals surface area contributed by atoms with Gasteiger partial charge in [-0.2, -0.15) is 0 Å². The highest BCUT2D eigenvalue weighted by molar-refractivity contribution is 5.86. The molecular weight excluding hydrogens is 330 g/mol. The Balaban J connectivity index is 2.08. The Hall–Kier alpha value is -3.43. The van der Waals surface area contributed by atoms with Gasteiger partial charge in [-0.15, -0.1) is 20.4 Å². The molecule has 0 aliphatic rings. The SMILES string of the molecule is Cc1nnc(-c2ccc(CC(=O)N(CC(=O)O)CC(=O)O)cc2)nn1. The van der Waals surface area contributed by atoms with Gasteiger partial charge in [0.2, 0.25) is 11.7 Å². The molecular formula is C15H15N5O5. The van der Waals surface area contributed by atoms with Crippen molar-refractivity contribution in [3.63, 3.8) is 0 Å². The van der Waals surface area contributed by atoms with E-state index in [4.69, 9.17) is 10.2 Å². The van der Waals surface area contributed by atoms with Crippen molar-refractivity contribution in [2.75, 3.05) is 13.1 Å². The molecule has 0 aliphatic heterocycles. The first-order valence-corrected chi connectivity index (χ1v) is 7.20. The van der Waals surface area contributed by atoms with E-state index < -0.39 is 30.9 Å². The van der Waals surface area contributed by atoms with Crippen LogP contribution in [-0.4, -0.2) is 66.4 Å². The summed E-state index contributed by atoms with van der Waals surface area (Å²) in [6, 6.07) is 6.65. The molecule has 0 radical (unpaired) electrons. The van der Waals surface area contributed by atoms with Gasteiger partial charge in [-0.3, -0.25) is 14.4 Å². The standard InChI is InChI=1S/C15H15N5O5/c1-9-16-18-15(19-17-9)11-4-2-10(3-5-11)6-12(21)20(7-13(22)23)8-14(24)25/h2-5H,6-8H2,1H3,(H,22,23)(H,24,25). The number of carboxylic acid groups (broad SMARTS) is 2. The van der Waals surface area contributed by atoms with Gasteiger partial charge in [-0.05, 0) is 12.5 Å². The van der Waals surface area contributed by atoms with E-state index in [1.54, 1.807) is 31.2 Å².